The fourth-order valence-corrected chi connectivity index (χ4v) is 1.59. The predicted molar refractivity (Wildman–Crippen MR) is 68.5 cm³/mol. The summed E-state index contributed by atoms with van der Waals surface area (Å²) in [6, 6.07) is 3.82. The van der Waals surface area contributed by atoms with Gasteiger partial charge in [0.25, 0.3) is 0 Å². The minimum atomic E-state index is 0.259. The summed E-state index contributed by atoms with van der Waals surface area (Å²) in [5, 5.41) is 0. The lowest BCUT2D eigenvalue weighted by atomic mass is 10.1. The molecular formula is C13H16N4. The summed E-state index contributed by atoms with van der Waals surface area (Å²) in [5.41, 5.74) is 8.71. The molecule has 0 aliphatic carbocycles. The molecule has 0 unspecified atom stereocenters. The number of hydrogen-bond donors (Lipinski definition) is 1. The van der Waals surface area contributed by atoms with Gasteiger partial charge >= 0.3 is 0 Å². The Kier molecular flexibility index (Phi) is 3.04. The minimum absolute atomic E-state index is 0.259. The third kappa shape index (κ3) is 2.58. The second-order valence-corrected chi connectivity index (χ2v) is 4.44. The van der Waals surface area contributed by atoms with Crippen LogP contribution in [0.2, 0.25) is 0 Å². The van der Waals surface area contributed by atoms with Gasteiger partial charge in [-0.05, 0) is 18.6 Å². The first-order chi connectivity index (χ1) is 8.06. The highest BCUT2D eigenvalue weighted by atomic mass is 14.9. The zero-order chi connectivity index (χ0) is 12.4. The number of anilines is 1. The molecule has 0 aliphatic rings. The van der Waals surface area contributed by atoms with Crippen LogP contribution in [0.5, 0.6) is 0 Å². The van der Waals surface area contributed by atoms with Gasteiger partial charge in [-0.25, -0.2) is 9.97 Å². The lowest BCUT2D eigenvalue weighted by molar-refractivity contribution is 0.778. The van der Waals surface area contributed by atoms with Gasteiger partial charge in [0.15, 0.2) is 0 Å². The number of pyridine rings is 1. The van der Waals surface area contributed by atoms with E-state index >= 15 is 0 Å². The van der Waals surface area contributed by atoms with Gasteiger partial charge in [-0.15, -0.1) is 0 Å². The van der Waals surface area contributed by atoms with E-state index in [-0.39, 0.29) is 5.92 Å². The summed E-state index contributed by atoms with van der Waals surface area (Å²) < 4.78 is 0. The average Bonchev–Trinajstić information content (AvgIpc) is 2.28. The average molecular weight is 228 g/mol. The summed E-state index contributed by atoms with van der Waals surface area (Å²) in [5.74, 6) is 1.52. The number of aryl methyl sites for hydroxylation is 1. The van der Waals surface area contributed by atoms with E-state index in [0.29, 0.717) is 5.82 Å². The number of aromatic nitrogens is 3. The van der Waals surface area contributed by atoms with Crippen molar-refractivity contribution in [3.05, 3.63) is 35.9 Å². The van der Waals surface area contributed by atoms with E-state index in [1.54, 1.807) is 12.3 Å². The highest BCUT2D eigenvalue weighted by Gasteiger charge is 2.08. The van der Waals surface area contributed by atoms with Crippen LogP contribution >= 0.6 is 0 Å². The molecule has 0 aromatic carbocycles. The number of nitrogen functional groups attached to an aromatic ring is 1. The molecule has 88 valence electrons. The summed E-state index contributed by atoms with van der Waals surface area (Å²) >= 11 is 0. The summed E-state index contributed by atoms with van der Waals surface area (Å²) in [7, 11) is 0. The molecular weight excluding hydrogens is 212 g/mol. The molecule has 2 N–H and O–H groups in total. The largest absolute Gasteiger partial charge is 0.384 e. The zero-order valence-corrected chi connectivity index (χ0v) is 10.3. The maximum Gasteiger partial charge on any atom is 0.133 e. The van der Waals surface area contributed by atoms with Gasteiger partial charge in [-0.2, -0.15) is 0 Å². The number of nitrogens with two attached hydrogens (primary N) is 1. The van der Waals surface area contributed by atoms with E-state index in [2.05, 4.69) is 15.0 Å². The van der Waals surface area contributed by atoms with Crippen LogP contribution in [0.1, 0.15) is 31.2 Å². The Balaban J connectivity index is 2.52. The van der Waals surface area contributed by atoms with Gasteiger partial charge in [-0.3, -0.25) is 4.98 Å². The van der Waals surface area contributed by atoms with Crippen molar-refractivity contribution in [1.82, 2.24) is 15.0 Å². The molecule has 2 rings (SSSR count). The molecule has 0 aliphatic heterocycles. The van der Waals surface area contributed by atoms with Crippen molar-refractivity contribution in [3.8, 4) is 11.3 Å². The van der Waals surface area contributed by atoms with Crippen LogP contribution in [0.3, 0.4) is 0 Å². The normalized spacial score (nSPS) is 10.8. The molecule has 0 radical (unpaired) electrons. The molecule has 17 heavy (non-hydrogen) atoms. The Hall–Kier alpha value is -1.97. The van der Waals surface area contributed by atoms with Crippen LogP contribution in [-0.4, -0.2) is 15.0 Å². The molecule has 0 fully saturated rings. The molecule has 4 heteroatoms. The van der Waals surface area contributed by atoms with Crippen molar-refractivity contribution in [2.75, 3.05) is 5.73 Å². The molecule has 0 atom stereocenters. The molecule has 2 aromatic heterocycles. The van der Waals surface area contributed by atoms with Gasteiger partial charge in [0.05, 0.1) is 5.69 Å². The maximum absolute atomic E-state index is 5.80. The van der Waals surface area contributed by atoms with Crippen molar-refractivity contribution < 1.29 is 0 Å². The van der Waals surface area contributed by atoms with Gasteiger partial charge in [0.2, 0.25) is 0 Å². The van der Waals surface area contributed by atoms with E-state index < -0.39 is 0 Å². The topological polar surface area (TPSA) is 64.7 Å². The molecule has 2 heterocycles. The summed E-state index contributed by atoms with van der Waals surface area (Å²) in [4.78, 5) is 12.9. The molecule has 0 saturated heterocycles. The van der Waals surface area contributed by atoms with Crippen molar-refractivity contribution in [3.63, 3.8) is 0 Å². The molecule has 0 bridgehead atoms. The van der Waals surface area contributed by atoms with E-state index in [9.17, 15) is 0 Å². The highest BCUT2D eigenvalue weighted by molar-refractivity contribution is 5.61. The fraction of sp³-hybridized carbons (Fsp3) is 0.308. The van der Waals surface area contributed by atoms with Crippen LogP contribution in [-0.2, 0) is 0 Å². The second kappa shape index (κ2) is 4.49. The lowest BCUT2D eigenvalue weighted by Gasteiger charge is -2.08. The molecule has 2 aromatic rings. The van der Waals surface area contributed by atoms with E-state index in [1.807, 2.05) is 33.0 Å². The third-order valence-electron chi connectivity index (χ3n) is 2.45. The van der Waals surface area contributed by atoms with Crippen LogP contribution in [0.15, 0.2) is 24.5 Å². The van der Waals surface area contributed by atoms with E-state index in [1.165, 1.54) is 0 Å². The van der Waals surface area contributed by atoms with Crippen LogP contribution in [0.4, 0.5) is 5.82 Å². The van der Waals surface area contributed by atoms with Crippen LogP contribution in [0.25, 0.3) is 11.3 Å². The monoisotopic (exact) mass is 228 g/mol. The number of hydrogen-bond acceptors (Lipinski definition) is 4. The first-order valence-electron chi connectivity index (χ1n) is 5.62. The third-order valence-corrected chi connectivity index (χ3v) is 2.45. The lowest BCUT2D eigenvalue weighted by Crippen LogP contribution is -2.03. The van der Waals surface area contributed by atoms with Crippen LogP contribution in [0, 0.1) is 6.92 Å². The van der Waals surface area contributed by atoms with Gasteiger partial charge in [-0.1, -0.05) is 13.8 Å². The predicted octanol–water partition coefficient (Wildman–Crippen LogP) is 2.55. The quantitative estimate of drug-likeness (QED) is 0.857. The standard InChI is InChI=1S/C13H16N4/c1-8(2)13-16-11(5-12(14)17-13)10-4-9(3)6-15-7-10/h4-8H,1-3H3,(H2,14,16,17). The van der Waals surface area contributed by atoms with Gasteiger partial charge < -0.3 is 5.73 Å². The molecule has 0 spiro atoms. The molecule has 0 amide bonds. The summed E-state index contributed by atoms with van der Waals surface area (Å²) in [6.45, 7) is 6.10. The number of nitrogens with zero attached hydrogens (tertiary/aromatic N) is 3. The van der Waals surface area contributed by atoms with Crippen molar-refractivity contribution in [1.29, 1.82) is 0 Å². The smallest absolute Gasteiger partial charge is 0.133 e. The summed E-state index contributed by atoms with van der Waals surface area (Å²) in [6.07, 6.45) is 3.61. The van der Waals surface area contributed by atoms with E-state index in [0.717, 1.165) is 22.6 Å². The van der Waals surface area contributed by atoms with Gasteiger partial charge in [0.1, 0.15) is 11.6 Å². The fourth-order valence-electron chi connectivity index (χ4n) is 1.59. The Morgan fingerprint density at radius 2 is 1.88 bits per heavy atom. The minimum Gasteiger partial charge on any atom is -0.384 e. The Morgan fingerprint density at radius 3 is 2.53 bits per heavy atom. The molecule has 0 saturated carbocycles. The van der Waals surface area contributed by atoms with Crippen LogP contribution < -0.4 is 5.73 Å². The highest BCUT2D eigenvalue weighted by Crippen LogP contribution is 2.21. The first kappa shape index (κ1) is 11.5. The first-order valence-corrected chi connectivity index (χ1v) is 5.62. The maximum atomic E-state index is 5.80. The Labute approximate surface area is 101 Å². The molecule has 4 nitrogen and oxygen atoms in total. The van der Waals surface area contributed by atoms with E-state index in [4.69, 9.17) is 5.73 Å². The van der Waals surface area contributed by atoms with Crippen molar-refractivity contribution in [2.45, 2.75) is 26.7 Å². The number of rotatable bonds is 2. The van der Waals surface area contributed by atoms with Crippen molar-refractivity contribution in [2.24, 2.45) is 0 Å². The Bertz CT molecular complexity index is 535. The van der Waals surface area contributed by atoms with Gasteiger partial charge in [0, 0.05) is 29.9 Å². The Morgan fingerprint density at radius 1 is 1.12 bits per heavy atom. The SMILES string of the molecule is Cc1cncc(-c2cc(N)nc(C(C)C)n2)c1. The second-order valence-electron chi connectivity index (χ2n) is 4.44. The zero-order valence-electron chi connectivity index (χ0n) is 10.3. The van der Waals surface area contributed by atoms with Crippen molar-refractivity contribution >= 4 is 5.82 Å².